The molecule has 0 spiro atoms. The normalized spacial score (nSPS) is 9.89. The quantitative estimate of drug-likeness (QED) is 0.800. The highest BCUT2D eigenvalue weighted by Crippen LogP contribution is 2.18. The molecule has 1 rings (SSSR count). The van der Waals surface area contributed by atoms with Crippen LogP contribution in [-0.4, -0.2) is 42.7 Å². The van der Waals surface area contributed by atoms with Crippen LogP contribution in [0.1, 0.15) is 10.4 Å². The lowest BCUT2D eigenvalue weighted by Crippen LogP contribution is -2.39. The summed E-state index contributed by atoms with van der Waals surface area (Å²) in [7, 11) is 1.55. The molecule has 0 aliphatic carbocycles. The summed E-state index contributed by atoms with van der Waals surface area (Å²) < 4.78 is 0. The lowest BCUT2D eigenvalue weighted by atomic mass is 10.1. The number of rotatable bonds is 5. The molecule has 0 saturated carbocycles. The van der Waals surface area contributed by atoms with Gasteiger partial charge in [-0.3, -0.25) is 4.90 Å². The van der Waals surface area contributed by atoms with E-state index in [2.05, 4.69) is 5.32 Å². The van der Waals surface area contributed by atoms with E-state index in [-0.39, 0.29) is 11.6 Å². The van der Waals surface area contributed by atoms with Crippen molar-refractivity contribution < 1.29 is 14.7 Å². The van der Waals surface area contributed by atoms with Gasteiger partial charge in [0, 0.05) is 19.3 Å². The van der Waals surface area contributed by atoms with Crippen LogP contribution in [0.4, 0.5) is 10.5 Å². The minimum atomic E-state index is -1.05. The van der Waals surface area contributed by atoms with Gasteiger partial charge in [0.05, 0.1) is 11.3 Å². The number of carbonyl (C=O) groups is 2. The van der Waals surface area contributed by atoms with Crippen LogP contribution in [0.2, 0.25) is 0 Å². The van der Waals surface area contributed by atoms with Gasteiger partial charge in [0.25, 0.3) is 0 Å². The zero-order valence-corrected chi connectivity index (χ0v) is 11.2. The number of amides is 2. The zero-order chi connectivity index (χ0) is 13.5. The van der Waals surface area contributed by atoms with Crippen molar-refractivity contribution in [2.24, 2.45) is 0 Å². The van der Waals surface area contributed by atoms with Crippen molar-refractivity contribution in [1.82, 2.24) is 5.32 Å². The van der Waals surface area contributed by atoms with E-state index in [1.807, 2.05) is 6.26 Å². The molecule has 0 bridgehead atoms. The summed E-state index contributed by atoms with van der Waals surface area (Å²) in [6.07, 6.45) is 1.95. The minimum absolute atomic E-state index is 0.111. The van der Waals surface area contributed by atoms with Crippen LogP contribution in [0.3, 0.4) is 0 Å². The minimum Gasteiger partial charge on any atom is -0.478 e. The largest absolute Gasteiger partial charge is 0.478 e. The first-order valence-electron chi connectivity index (χ1n) is 5.40. The summed E-state index contributed by atoms with van der Waals surface area (Å²) in [6, 6.07) is 6.11. The number of thioether (sulfide) groups is 1. The van der Waals surface area contributed by atoms with Gasteiger partial charge in [-0.05, 0) is 18.4 Å². The number of nitrogens with one attached hydrogen (secondary N) is 1. The molecule has 0 aliphatic heterocycles. The molecule has 18 heavy (non-hydrogen) atoms. The third-order valence-electron chi connectivity index (χ3n) is 2.38. The maximum atomic E-state index is 11.8. The second-order valence-corrected chi connectivity index (χ2v) is 4.59. The Kier molecular flexibility index (Phi) is 5.51. The molecule has 0 saturated heterocycles. The van der Waals surface area contributed by atoms with E-state index in [0.717, 1.165) is 5.75 Å². The van der Waals surface area contributed by atoms with E-state index in [1.165, 1.54) is 11.0 Å². The van der Waals surface area contributed by atoms with Crippen molar-refractivity contribution in [2.45, 2.75) is 0 Å². The summed E-state index contributed by atoms with van der Waals surface area (Å²) in [4.78, 5) is 24.2. The average Bonchev–Trinajstić information content (AvgIpc) is 2.38. The summed E-state index contributed by atoms with van der Waals surface area (Å²) in [5.41, 5.74) is 0.492. The molecule has 1 aromatic carbocycles. The van der Waals surface area contributed by atoms with Crippen molar-refractivity contribution in [2.75, 3.05) is 30.5 Å². The number of urea groups is 1. The first kappa shape index (κ1) is 14.4. The topological polar surface area (TPSA) is 69.6 Å². The van der Waals surface area contributed by atoms with Crippen LogP contribution in [0.15, 0.2) is 24.3 Å². The Bertz CT molecular complexity index is 437. The second-order valence-electron chi connectivity index (χ2n) is 3.61. The average molecular weight is 268 g/mol. The molecule has 0 unspecified atom stereocenters. The number of carbonyl (C=O) groups excluding carboxylic acids is 1. The Morgan fingerprint density at radius 1 is 1.39 bits per heavy atom. The molecule has 2 N–H and O–H groups in total. The number of carboxylic acids is 1. The predicted octanol–water partition coefficient (Wildman–Crippen LogP) is 1.89. The molecule has 98 valence electrons. The van der Waals surface area contributed by atoms with Gasteiger partial charge in [0.2, 0.25) is 0 Å². The van der Waals surface area contributed by atoms with E-state index in [4.69, 9.17) is 5.11 Å². The highest BCUT2D eigenvalue weighted by atomic mass is 32.2. The van der Waals surface area contributed by atoms with Gasteiger partial charge in [0.1, 0.15) is 0 Å². The predicted molar refractivity (Wildman–Crippen MR) is 73.6 cm³/mol. The van der Waals surface area contributed by atoms with Gasteiger partial charge >= 0.3 is 12.0 Å². The molecule has 2 amide bonds. The van der Waals surface area contributed by atoms with Gasteiger partial charge in [-0.1, -0.05) is 12.1 Å². The van der Waals surface area contributed by atoms with E-state index >= 15 is 0 Å². The molecule has 0 aromatic heterocycles. The van der Waals surface area contributed by atoms with Crippen LogP contribution >= 0.6 is 11.8 Å². The zero-order valence-electron chi connectivity index (χ0n) is 10.3. The third-order valence-corrected chi connectivity index (χ3v) is 3.00. The van der Waals surface area contributed by atoms with E-state index < -0.39 is 5.97 Å². The fourth-order valence-corrected chi connectivity index (χ4v) is 1.74. The fourth-order valence-electron chi connectivity index (χ4n) is 1.43. The van der Waals surface area contributed by atoms with Gasteiger partial charge in [-0.15, -0.1) is 0 Å². The van der Waals surface area contributed by atoms with Gasteiger partial charge in [0.15, 0.2) is 0 Å². The second kappa shape index (κ2) is 6.90. The highest BCUT2D eigenvalue weighted by Gasteiger charge is 2.17. The smallest absolute Gasteiger partial charge is 0.337 e. The fraction of sp³-hybridized carbons (Fsp3) is 0.333. The maximum Gasteiger partial charge on any atom is 0.337 e. The van der Waals surface area contributed by atoms with Crippen LogP contribution in [0.25, 0.3) is 0 Å². The van der Waals surface area contributed by atoms with Gasteiger partial charge < -0.3 is 10.4 Å². The lowest BCUT2D eigenvalue weighted by Gasteiger charge is -2.19. The number of anilines is 1. The van der Waals surface area contributed by atoms with Crippen molar-refractivity contribution in [3.63, 3.8) is 0 Å². The molecule has 0 fully saturated rings. The molecule has 5 nitrogen and oxygen atoms in total. The lowest BCUT2D eigenvalue weighted by molar-refractivity contribution is 0.0697. The molecule has 0 aliphatic rings. The number of benzene rings is 1. The number of nitrogens with zero attached hydrogens (tertiary/aromatic N) is 1. The number of carboxylic acid groups (broad SMARTS) is 1. The van der Waals surface area contributed by atoms with Crippen LogP contribution < -0.4 is 10.2 Å². The van der Waals surface area contributed by atoms with Crippen molar-refractivity contribution in [1.29, 1.82) is 0 Å². The van der Waals surface area contributed by atoms with Crippen molar-refractivity contribution in [3.05, 3.63) is 29.8 Å². The maximum absolute atomic E-state index is 11.8. The third kappa shape index (κ3) is 3.66. The summed E-state index contributed by atoms with van der Waals surface area (Å²) in [5.74, 6) is -0.227. The first-order chi connectivity index (χ1) is 8.57. The molecule has 0 atom stereocenters. The monoisotopic (exact) mass is 268 g/mol. The van der Waals surface area contributed by atoms with Crippen LogP contribution in [0, 0.1) is 0 Å². The SMILES string of the molecule is CSCCNC(=O)N(C)c1ccccc1C(=O)O. The Morgan fingerprint density at radius 3 is 2.67 bits per heavy atom. The molecule has 0 heterocycles. The highest BCUT2D eigenvalue weighted by molar-refractivity contribution is 7.98. The van der Waals surface area contributed by atoms with E-state index in [9.17, 15) is 9.59 Å². The van der Waals surface area contributed by atoms with Crippen molar-refractivity contribution in [3.8, 4) is 0 Å². The van der Waals surface area contributed by atoms with Crippen LogP contribution in [0.5, 0.6) is 0 Å². The van der Waals surface area contributed by atoms with Crippen molar-refractivity contribution >= 4 is 29.4 Å². The summed E-state index contributed by atoms with van der Waals surface area (Å²) in [6.45, 7) is 0.555. The number of para-hydroxylation sites is 1. The number of hydrogen-bond acceptors (Lipinski definition) is 3. The first-order valence-corrected chi connectivity index (χ1v) is 6.80. The van der Waals surface area contributed by atoms with Gasteiger partial charge in [-0.25, -0.2) is 9.59 Å². The Labute approximate surface area is 110 Å². The van der Waals surface area contributed by atoms with E-state index in [1.54, 1.807) is 37.0 Å². The molecular formula is C12H16N2O3S. The Hall–Kier alpha value is -1.69. The van der Waals surface area contributed by atoms with E-state index in [0.29, 0.717) is 12.2 Å². The molecule has 0 radical (unpaired) electrons. The Balaban J connectivity index is 2.80. The van der Waals surface area contributed by atoms with Crippen LogP contribution in [-0.2, 0) is 0 Å². The standard InChI is InChI=1S/C12H16N2O3S/c1-14(12(17)13-7-8-18-2)10-6-4-3-5-9(10)11(15)16/h3-6H,7-8H2,1-2H3,(H,13,17)(H,15,16). The molecule has 6 heteroatoms. The summed E-state index contributed by atoms with van der Waals surface area (Å²) >= 11 is 1.63. The van der Waals surface area contributed by atoms with Gasteiger partial charge in [-0.2, -0.15) is 11.8 Å². The molecule has 1 aromatic rings. The Morgan fingerprint density at radius 2 is 2.06 bits per heavy atom. The molecular weight excluding hydrogens is 252 g/mol. The number of aromatic carboxylic acids is 1. The number of hydrogen-bond donors (Lipinski definition) is 2. The summed E-state index contributed by atoms with van der Waals surface area (Å²) in [5, 5.41) is 11.8.